The largest absolute Gasteiger partial charge is 0.348 e. The lowest BCUT2D eigenvalue weighted by atomic mass is 10.2. The lowest BCUT2D eigenvalue weighted by Crippen LogP contribution is -2.37. The fourth-order valence-electron chi connectivity index (χ4n) is 1.22. The van der Waals surface area contributed by atoms with Crippen molar-refractivity contribution in [1.82, 2.24) is 10.8 Å². The average Bonchev–Trinajstić information content (AvgIpc) is 2.81. The number of nitrogens with one attached hydrogen (secondary N) is 2. The van der Waals surface area contributed by atoms with Gasteiger partial charge in [0.05, 0.1) is 0 Å². The molecule has 7 heteroatoms. The summed E-state index contributed by atoms with van der Waals surface area (Å²) in [5.74, 6) is -0.313. The quantitative estimate of drug-likeness (QED) is 0.374. The zero-order valence-electron chi connectivity index (χ0n) is 9.77. The predicted molar refractivity (Wildman–Crippen MR) is 65.5 cm³/mol. The van der Waals surface area contributed by atoms with Gasteiger partial charge < -0.3 is 14.9 Å². The molecule has 1 aliphatic heterocycles. The molecule has 2 N–H and O–H groups in total. The van der Waals surface area contributed by atoms with E-state index in [1.165, 1.54) is 6.92 Å². The zero-order chi connectivity index (χ0) is 13.1. The van der Waals surface area contributed by atoms with Gasteiger partial charge in [-0.2, -0.15) is 18.1 Å². The molecule has 0 aliphatic carbocycles. The number of amides is 1. The summed E-state index contributed by atoms with van der Waals surface area (Å²) in [6.07, 6.45) is 2.72. The fraction of sp³-hybridized carbons (Fsp3) is 0.700. The van der Waals surface area contributed by atoms with E-state index in [0.29, 0.717) is 5.75 Å². The highest BCUT2D eigenvalue weighted by Crippen LogP contribution is 2.05. The van der Waals surface area contributed by atoms with Crippen LogP contribution in [0.5, 0.6) is 0 Å². The number of aldehydes is 1. The SMILES string of the molecule is CC=O.O=C(CCS)NOC(=O)[C@@H]1CCCN1. The number of rotatable bonds is 3. The minimum atomic E-state index is -0.421. The first-order chi connectivity index (χ1) is 8.15. The molecule has 1 rings (SSSR count). The summed E-state index contributed by atoms with van der Waals surface area (Å²) in [5, 5.41) is 2.97. The Labute approximate surface area is 106 Å². The van der Waals surface area contributed by atoms with Crippen LogP contribution in [0, 0.1) is 0 Å². The molecular weight excluding hydrogens is 244 g/mol. The van der Waals surface area contributed by atoms with Gasteiger partial charge in [0, 0.05) is 6.42 Å². The maximum Gasteiger partial charge on any atom is 0.348 e. The Hall–Kier alpha value is -1.08. The van der Waals surface area contributed by atoms with Crippen molar-refractivity contribution in [3.8, 4) is 0 Å². The lowest BCUT2D eigenvalue weighted by molar-refractivity contribution is -0.159. The van der Waals surface area contributed by atoms with Crippen molar-refractivity contribution in [3.05, 3.63) is 0 Å². The van der Waals surface area contributed by atoms with Gasteiger partial charge in [0.25, 0.3) is 5.91 Å². The van der Waals surface area contributed by atoms with E-state index in [4.69, 9.17) is 4.79 Å². The van der Waals surface area contributed by atoms with Crippen LogP contribution in [0.1, 0.15) is 26.2 Å². The third-order valence-corrected chi connectivity index (χ3v) is 2.17. The molecule has 6 nitrogen and oxygen atoms in total. The average molecular weight is 262 g/mol. The van der Waals surface area contributed by atoms with Crippen LogP contribution < -0.4 is 10.8 Å². The first-order valence-corrected chi connectivity index (χ1v) is 6.02. The molecule has 0 bridgehead atoms. The molecule has 0 saturated carbocycles. The van der Waals surface area contributed by atoms with Crippen LogP contribution in [0.3, 0.4) is 0 Å². The van der Waals surface area contributed by atoms with E-state index < -0.39 is 5.97 Å². The number of carbonyl (C=O) groups excluding carboxylic acids is 3. The van der Waals surface area contributed by atoms with Crippen molar-refractivity contribution in [1.29, 1.82) is 0 Å². The first-order valence-electron chi connectivity index (χ1n) is 5.39. The van der Waals surface area contributed by atoms with E-state index in [-0.39, 0.29) is 18.4 Å². The first kappa shape index (κ1) is 15.9. The second-order valence-corrected chi connectivity index (χ2v) is 3.75. The van der Waals surface area contributed by atoms with Crippen LogP contribution >= 0.6 is 12.6 Å². The Balaban J connectivity index is 0.000000770. The number of carbonyl (C=O) groups is 3. The lowest BCUT2D eigenvalue weighted by Gasteiger charge is -2.09. The Morgan fingerprint density at radius 1 is 1.59 bits per heavy atom. The molecule has 98 valence electrons. The van der Waals surface area contributed by atoms with Crippen molar-refractivity contribution >= 4 is 30.8 Å². The fourth-order valence-corrected chi connectivity index (χ4v) is 1.42. The minimum Gasteiger partial charge on any atom is -0.339 e. The molecule has 0 aromatic rings. The van der Waals surface area contributed by atoms with Crippen LogP contribution in [0.15, 0.2) is 0 Å². The number of thiol groups is 1. The molecule has 1 saturated heterocycles. The summed E-state index contributed by atoms with van der Waals surface area (Å²) in [5.41, 5.74) is 2.08. The molecule has 1 heterocycles. The van der Waals surface area contributed by atoms with E-state index in [2.05, 4.69) is 28.3 Å². The van der Waals surface area contributed by atoms with Crippen molar-refractivity contribution in [2.24, 2.45) is 0 Å². The van der Waals surface area contributed by atoms with Crippen LogP contribution in [0.25, 0.3) is 0 Å². The monoisotopic (exact) mass is 262 g/mol. The van der Waals surface area contributed by atoms with Crippen molar-refractivity contribution in [3.63, 3.8) is 0 Å². The van der Waals surface area contributed by atoms with Gasteiger partial charge in [-0.25, -0.2) is 4.79 Å². The van der Waals surface area contributed by atoms with Gasteiger partial charge in [-0.3, -0.25) is 4.79 Å². The molecule has 17 heavy (non-hydrogen) atoms. The maximum absolute atomic E-state index is 11.2. The van der Waals surface area contributed by atoms with Crippen molar-refractivity contribution in [2.75, 3.05) is 12.3 Å². The number of hydrogen-bond acceptors (Lipinski definition) is 6. The van der Waals surface area contributed by atoms with Crippen molar-refractivity contribution < 1.29 is 19.2 Å². The van der Waals surface area contributed by atoms with Gasteiger partial charge in [-0.15, -0.1) is 0 Å². The number of hydrogen-bond donors (Lipinski definition) is 3. The topological polar surface area (TPSA) is 84.5 Å². The summed E-state index contributed by atoms with van der Waals surface area (Å²) in [6.45, 7) is 2.27. The Kier molecular flexibility index (Phi) is 9.46. The molecule has 1 fully saturated rings. The highest BCUT2D eigenvalue weighted by Gasteiger charge is 2.24. The standard InChI is InChI=1S/C8H14N2O3S.C2H4O/c11-7(3-5-14)10-13-8(12)6-2-1-4-9-6;1-2-3/h6,9,14H,1-5H2,(H,10,11);2H,1H3/t6-;/m0./s1. The summed E-state index contributed by atoms with van der Waals surface area (Å²) in [6, 6.07) is -0.272. The van der Waals surface area contributed by atoms with Gasteiger partial charge in [-0.05, 0) is 32.1 Å². The molecule has 0 aromatic heterocycles. The normalized spacial score (nSPS) is 17.6. The highest BCUT2D eigenvalue weighted by molar-refractivity contribution is 7.80. The second-order valence-electron chi connectivity index (χ2n) is 3.30. The maximum atomic E-state index is 11.2. The Bertz CT molecular complexity index is 255. The van der Waals surface area contributed by atoms with Crippen LogP contribution in [-0.4, -0.2) is 36.5 Å². The zero-order valence-corrected chi connectivity index (χ0v) is 10.7. The van der Waals surface area contributed by atoms with E-state index in [0.717, 1.165) is 25.7 Å². The molecule has 0 aromatic carbocycles. The molecule has 0 spiro atoms. The molecular formula is C10H18N2O4S. The van der Waals surface area contributed by atoms with E-state index in [1.54, 1.807) is 0 Å². The van der Waals surface area contributed by atoms with Gasteiger partial charge >= 0.3 is 5.97 Å². The molecule has 1 amide bonds. The van der Waals surface area contributed by atoms with Crippen molar-refractivity contribution in [2.45, 2.75) is 32.2 Å². The third kappa shape index (κ3) is 7.76. The molecule has 0 unspecified atom stereocenters. The van der Waals surface area contributed by atoms with Crippen LogP contribution in [0.2, 0.25) is 0 Å². The van der Waals surface area contributed by atoms with Crippen LogP contribution in [0.4, 0.5) is 0 Å². The number of hydroxylamine groups is 1. The predicted octanol–water partition coefficient (Wildman–Crippen LogP) is -0.162. The van der Waals surface area contributed by atoms with Gasteiger partial charge in [-0.1, -0.05) is 0 Å². The van der Waals surface area contributed by atoms with E-state index >= 15 is 0 Å². The Morgan fingerprint density at radius 3 is 2.71 bits per heavy atom. The van der Waals surface area contributed by atoms with Crippen LogP contribution in [-0.2, 0) is 19.2 Å². The van der Waals surface area contributed by atoms with Gasteiger partial charge in [0.1, 0.15) is 12.3 Å². The summed E-state index contributed by atoms with van der Waals surface area (Å²) < 4.78 is 0. The van der Waals surface area contributed by atoms with Gasteiger partial charge in [0.2, 0.25) is 0 Å². The summed E-state index contributed by atoms with van der Waals surface area (Å²) >= 11 is 3.88. The molecule has 0 radical (unpaired) electrons. The Morgan fingerprint density at radius 2 is 2.24 bits per heavy atom. The third-order valence-electron chi connectivity index (χ3n) is 1.95. The molecule has 1 aliphatic rings. The minimum absolute atomic E-state index is 0.245. The van der Waals surface area contributed by atoms with E-state index in [1.807, 2.05) is 0 Å². The smallest absolute Gasteiger partial charge is 0.339 e. The molecule has 1 atom stereocenters. The van der Waals surface area contributed by atoms with E-state index in [9.17, 15) is 9.59 Å². The summed E-state index contributed by atoms with van der Waals surface area (Å²) in [7, 11) is 0. The summed E-state index contributed by atoms with van der Waals surface area (Å²) in [4.78, 5) is 35.6. The van der Waals surface area contributed by atoms with Gasteiger partial charge in [0.15, 0.2) is 0 Å². The second kappa shape index (κ2) is 10.1. The highest BCUT2D eigenvalue weighted by atomic mass is 32.1.